The number of ether oxygens (including phenoxy) is 1. The van der Waals surface area contributed by atoms with Crippen LogP contribution in [-0.4, -0.2) is 48.3 Å². The molecular formula is C14H27NO3. The summed E-state index contributed by atoms with van der Waals surface area (Å²) in [5.74, 6) is -0.721. The fourth-order valence-corrected chi connectivity index (χ4v) is 3.38. The van der Waals surface area contributed by atoms with Crippen LogP contribution in [-0.2, 0) is 9.53 Å². The van der Waals surface area contributed by atoms with Gasteiger partial charge in [0.2, 0.25) is 0 Å². The van der Waals surface area contributed by atoms with Crippen molar-refractivity contribution in [1.29, 1.82) is 0 Å². The SMILES string of the molecule is CCO[C@@H]1C[C@H](N(C)CCC(=O)O)C1(CC)CC. The van der Waals surface area contributed by atoms with Crippen LogP contribution < -0.4 is 0 Å². The summed E-state index contributed by atoms with van der Waals surface area (Å²) in [6.45, 7) is 7.86. The molecule has 0 saturated heterocycles. The molecular weight excluding hydrogens is 230 g/mol. The first-order chi connectivity index (χ1) is 8.51. The molecule has 0 spiro atoms. The molecule has 4 nitrogen and oxygen atoms in total. The van der Waals surface area contributed by atoms with Gasteiger partial charge in [0.1, 0.15) is 0 Å². The topological polar surface area (TPSA) is 49.8 Å². The quantitative estimate of drug-likeness (QED) is 0.725. The van der Waals surface area contributed by atoms with E-state index in [4.69, 9.17) is 9.84 Å². The van der Waals surface area contributed by atoms with Gasteiger partial charge in [0.25, 0.3) is 0 Å². The minimum Gasteiger partial charge on any atom is -0.481 e. The largest absolute Gasteiger partial charge is 0.481 e. The Morgan fingerprint density at radius 2 is 2.00 bits per heavy atom. The van der Waals surface area contributed by atoms with Crippen molar-refractivity contribution in [2.75, 3.05) is 20.2 Å². The molecule has 1 aliphatic rings. The zero-order valence-electron chi connectivity index (χ0n) is 12.1. The second-order valence-electron chi connectivity index (χ2n) is 5.26. The molecule has 4 heteroatoms. The van der Waals surface area contributed by atoms with Gasteiger partial charge in [-0.25, -0.2) is 0 Å². The number of rotatable bonds is 8. The summed E-state index contributed by atoms with van der Waals surface area (Å²) in [6, 6.07) is 0.461. The molecule has 2 atom stereocenters. The standard InChI is InChI=1S/C14H27NO3/c1-5-14(6-2)11(10-12(14)18-7-3)15(4)9-8-13(16)17/h11-12H,5-10H2,1-4H3,(H,16,17)/t11-,12+/m0/s1. The molecule has 1 N–H and O–H groups in total. The summed E-state index contributed by atoms with van der Waals surface area (Å²) in [5, 5.41) is 8.76. The average molecular weight is 257 g/mol. The molecule has 0 heterocycles. The maximum atomic E-state index is 10.6. The molecule has 1 rings (SSSR count). The van der Waals surface area contributed by atoms with Crippen molar-refractivity contribution in [3.63, 3.8) is 0 Å². The summed E-state index contributed by atoms with van der Waals surface area (Å²) < 4.78 is 5.84. The highest BCUT2D eigenvalue weighted by Gasteiger charge is 2.54. The van der Waals surface area contributed by atoms with Crippen molar-refractivity contribution in [1.82, 2.24) is 4.90 Å². The molecule has 1 aliphatic carbocycles. The van der Waals surface area contributed by atoms with Gasteiger partial charge in [0.05, 0.1) is 12.5 Å². The third-order valence-electron chi connectivity index (χ3n) is 4.64. The molecule has 0 aromatic carbocycles. The van der Waals surface area contributed by atoms with Crippen LogP contribution in [0.5, 0.6) is 0 Å². The second-order valence-corrected chi connectivity index (χ2v) is 5.26. The van der Waals surface area contributed by atoms with E-state index >= 15 is 0 Å². The molecule has 106 valence electrons. The van der Waals surface area contributed by atoms with Crippen molar-refractivity contribution in [2.45, 2.75) is 58.6 Å². The Labute approximate surface area is 110 Å². The predicted molar refractivity (Wildman–Crippen MR) is 71.7 cm³/mol. The van der Waals surface area contributed by atoms with Gasteiger partial charge in [0, 0.05) is 24.6 Å². The van der Waals surface area contributed by atoms with Crippen LogP contribution in [0.15, 0.2) is 0 Å². The van der Waals surface area contributed by atoms with Gasteiger partial charge in [-0.3, -0.25) is 4.79 Å². The van der Waals surface area contributed by atoms with Crippen molar-refractivity contribution < 1.29 is 14.6 Å². The number of hydrogen-bond acceptors (Lipinski definition) is 3. The first-order valence-electron chi connectivity index (χ1n) is 7.05. The lowest BCUT2D eigenvalue weighted by Gasteiger charge is -2.58. The lowest BCUT2D eigenvalue weighted by molar-refractivity contribution is -0.168. The molecule has 0 aromatic rings. The van der Waals surface area contributed by atoms with E-state index in [1.54, 1.807) is 0 Å². The van der Waals surface area contributed by atoms with Crippen LogP contribution in [0.2, 0.25) is 0 Å². The molecule has 1 fully saturated rings. The third-order valence-corrected chi connectivity index (χ3v) is 4.64. The zero-order valence-corrected chi connectivity index (χ0v) is 12.1. The highest BCUT2D eigenvalue weighted by molar-refractivity contribution is 5.66. The van der Waals surface area contributed by atoms with Gasteiger partial charge in [-0.05, 0) is 33.2 Å². The van der Waals surface area contributed by atoms with E-state index in [1.807, 2.05) is 14.0 Å². The lowest BCUT2D eigenvalue weighted by atomic mass is 9.58. The Hall–Kier alpha value is -0.610. The van der Waals surface area contributed by atoms with Crippen molar-refractivity contribution >= 4 is 5.97 Å². The minimum absolute atomic E-state index is 0.212. The number of carboxylic acid groups (broad SMARTS) is 1. The smallest absolute Gasteiger partial charge is 0.304 e. The van der Waals surface area contributed by atoms with Crippen LogP contribution in [0, 0.1) is 5.41 Å². The normalized spacial score (nSPS) is 26.1. The highest BCUT2D eigenvalue weighted by atomic mass is 16.5. The molecule has 18 heavy (non-hydrogen) atoms. The second kappa shape index (κ2) is 6.53. The van der Waals surface area contributed by atoms with Crippen LogP contribution in [0.25, 0.3) is 0 Å². The summed E-state index contributed by atoms with van der Waals surface area (Å²) in [4.78, 5) is 12.9. The number of carboxylic acids is 1. The predicted octanol–water partition coefficient (Wildman–Crippen LogP) is 2.38. The van der Waals surface area contributed by atoms with Gasteiger partial charge < -0.3 is 14.7 Å². The maximum absolute atomic E-state index is 10.6. The van der Waals surface area contributed by atoms with Crippen molar-refractivity contribution in [3.05, 3.63) is 0 Å². The summed E-state index contributed by atoms with van der Waals surface area (Å²) in [5.41, 5.74) is 0.212. The molecule has 0 aliphatic heterocycles. The first kappa shape index (κ1) is 15.4. The lowest BCUT2D eigenvalue weighted by Crippen LogP contribution is -2.63. The average Bonchev–Trinajstić information content (AvgIpc) is 2.33. The minimum atomic E-state index is -0.721. The fraction of sp³-hybridized carbons (Fsp3) is 0.929. The monoisotopic (exact) mass is 257 g/mol. The van der Waals surface area contributed by atoms with Crippen molar-refractivity contribution in [3.8, 4) is 0 Å². The van der Waals surface area contributed by atoms with Crippen molar-refractivity contribution in [2.24, 2.45) is 5.41 Å². The molecule has 0 aromatic heterocycles. The number of nitrogens with zero attached hydrogens (tertiary/aromatic N) is 1. The molecule has 0 unspecified atom stereocenters. The Bertz CT molecular complexity index is 276. The van der Waals surface area contributed by atoms with E-state index in [0.29, 0.717) is 18.7 Å². The Balaban J connectivity index is 2.63. The van der Waals surface area contributed by atoms with E-state index in [2.05, 4.69) is 18.7 Å². The van der Waals surface area contributed by atoms with E-state index in [1.165, 1.54) is 0 Å². The van der Waals surface area contributed by atoms with E-state index < -0.39 is 5.97 Å². The fourth-order valence-electron chi connectivity index (χ4n) is 3.38. The molecule has 0 radical (unpaired) electrons. The van der Waals surface area contributed by atoms with E-state index in [9.17, 15) is 4.79 Å². The molecule has 1 saturated carbocycles. The van der Waals surface area contributed by atoms with E-state index in [-0.39, 0.29) is 11.8 Å². The summed E-state index contributed by atoms with van der Waals surface area (Å²) >= 11 is 0. The van der Waals surface area contributed by atoms with Gasteiger partial charge in [0.15, 0.2) is 0 Å². The van der Waals surface area contributed by atoms with Gasteiger partial charge in [-0.15, -0.1) is 0 Å². The van der Waals surface area contributed by atoms with Gasteiger partial charge >= 0.3 is 5.97 Å². The van der Waals surface area contributed by atoms with Crippen LogP contribution >= 0.6 is 0 Å². The molecule has 0 amide bonds. The third kappa shape index (κ3) is 2.86. The van der Waals surface area contributed by atoms with Crippen LogP contribution in [0.3, 0.4) is 0 Å². The van der Waals surface area contributed by atoms with E-state index in [0.717, 1.165) is 25.9 Å². The van der Waals surface area contributed by atoms with Gasteiger partial charge in [-0.2, -0.15) is 0 Å². The number of aliphatic carboxylic acids is 1. The first-order valence-corrected chi connectivity index (χ1v) is 7.05. The number of hydrogen-bond donors (Lipinski definition) is 1. The molecule has 0 bridgehead atoms. The maximum Gasteiger partial charge on any atom is 0.304 e. The summed E-state index contributed by atoms with van der Waals surface area (Å²) in [6.07, 6.45) is 3.78. The van der Waals surface area contributed by atoms with Gasteiger partial charge in [-0.1, -0.05) is 13.8 Å². The summed E-state index contributed by atoms with van der Waals surface area (Å²) in [7, 11) is 2.04. The van der Waals surface area contributed by atoms with Crippen LogP contribution in [0.4, 0.5) is 0 Å². The Morgan fingerprint density at radius 1 is 1.39 bits per heavy atom. The highest BCUT2D eigenvalue weighted by Crippen LogP contribution is 2.51. The Morgan fingerprint density at radius 3 is 2.44 bits per heavy atom. The number of carbonyl (C=O) groups is 1. The van der Waals surface area contributed by atoms with Crippen LogP contribution in [0.1, 0.15) is 46.5 Å². The zero-order chi connectivity index (χ0) is 13.8. The Kier molecular flexibility index (Phi) is 5.60.